The summed E-state index contributed by atoms with van der Waals surface area (Å²) in [6.07, 6.45) is 9.85. The van der Waals surface area contributed by atoms with E-state index in [4.69, 9.17) is 4.74 Å². The molecule has 1 aliphatic rings. The van der Waals surface area contributed by atoms with Gasteiger partial charge in [0.1, 0.15) is 11.1 Å². The van der Waals surface area contributed by atoms with Crippen molar-refractivity contribution in [3.63, 3.8) is 0 Å². The summed E-state index contributed by atoms with van der Waals surface area (Å²) >= 11 is 1.42. The number of anilines is 1. The molecule has 0 fully saturated rings. The van der Waals surface area contributed by atoms with E-state index in [9.17, 15) is 14.9 Å². The van der Waals surface area contributed by atoms with E-state index in [1.54, 1.807) is 35.4 Å². The highest BCUT2D eigenvalue weighted by atomic mass is 32.1. The Morgan fingerprint density at radius 2 is 2.26 bits per heavy atom. The minimum absolute atomic E-state index is 0.161. The average molecular weight is 477 g/mol. The van der Waals surface area contributed by atoms with E-state index in [-0.39, 0.29) is 11.8 Å². The number of nitrogens with one attached hydrogen (secondary N) is 2. The number of hydrogen-bond donors (Lipinski definition) is 2. The number of aryl methyl sites for hydroxylation is 1. The van der Waals surface area contributed by atoms with Gasteiger partial charge in [-0.3, -0.25) is 14.5 Å². The van der Waals surface area contributed by atoms with Crippen LogP contribution in [0.15, 0.2) is 42.9 Å². The molecule has 0 saturated carbocycles. The summed E-state index contributed by atoms with van der Waals surface area (Å²) < 4.78 is 7.10. The second-order valence-electron chi connectivity index (χ2n) is 7.94. The first kappa shape index (κ1) is 23.2. The molecule has 174 valence electrons. The Morgan fingerprint density at radius 3 is 3.00 bits per heavy atom. The summed E-state index contributed by atoms with van der Waals surface area (Å²) in [6.45, 7) is 0.644. The third-order valence-corrected chi connectivity index (χ3v) is 6.78. The molecule has 3 heterocycles. The van der Waals surface area contributed by atoms with E-state index in [1.807, 2.05) is 19.2 Å². The van der Waals surface area contributed by atoms with E-state index in [0.717, 1.165) is 28.1 Å². The van der Waals surface area contributed by atoms with Gasteiger partial charge in [-0.1, -0.05) is 6.07 Å². The molecule has 4 rings (SSSR count). The maximum atomic E-state index is 12.4. The Kier molecular flexibility index (Phi) is 7.34. The summed E-state index contributed by atoms with van der Waals surface area (Å²) in [5.74, 6) is -0.141. The molecular formula is C24H24N6O3S. The van der Waals surface area contributed by atoms with Gasteiger partial charge in [-0.25, -0.2) is 4.79 Å². The summed E-state index contributed by atoms with van der Waals surface area (Å²) in [5, 5.41) is 19.9. The van der Waals surface area contributed by atoms with Crippen molar-refractivity contribution in [3.8, 4) is 6.07 Å². The Balaban J connectivity index is 1.31. The first-order valence-corrected chi connectivity index (χ1v) is 11.7. The van der Waals surface area contributed by atoms with E-state index >= 15 is 0 Å². The van der Waals surface area contributed by atoms with E-state index in [1.165, 1.54) is 17.4 Å². The lowest BCUT2D eigenvalue weighted by atomic mass is 9.88. The Morgan fingerprint density at radius 1 is 1.38 bits per heavy atom. The summed E-state index contributed by atoms with van der Waals surface area (Å²) in [7, 11) is 1.81. The van der Waals surface area contributed by atoms with Crippen molar-refractivity contribution in [2.45, 2.75) is 25.8 Å². The summed E-state index contributed by atoms with van der Waals surface area (Å²) in [4.78, 5) is 29.5. The van der Waals surface area contributed by atoms with Gasteiger partial charge in [0.25, 0.3) is 0 Å². The number of rotatable bonds is 7. The maximum absolute atomic E-state index is 12.4. The minimum Gasteiger partial charge on any atom is -0.449 e. The molecule has 34 heavy (non-hydrogen) atoms. The Hall–Kier alpha value is -3.97. The number of aromatic nitrogens is 3. The molecule has 10 heteroatoms. The van der Waals surface area contributed by atoms with Crippen LogP contribution in [0.1, 0.15) is 33.7 Å². The van der Waals surface area contributed by atoms with Crippen LogP contribution in [-0.4, -0.2) is 33.4 Å². The highest BCUT2D eigenvalue weighted by molar-refractivity contribution is 7.16. The molecule has 1 atom stereocenters. The predicted molar refractivity (Wildman–Crippen MR) is 128 cm³/mol. The lowest BCUT2D eigenvalue weighted by molar-refractivity contribution is -0.111. The summed E-state index contributed by atoms with van der Waals surface area (Å²) in [6, 6.07) is 7.72. The second-order valence-corrected chi connectivity index (χ2v) is 9.04. The molecule has 0 bridgehead atoms. The van der Waals surface area contributed by atoms with Gasteiger partial charge in [-0.15, -0.1) is 11.3 Å². The van der Waals surface area contributed by atoms with Gasteiger partial charge in [-0.05, 0) is 54.5 Å². The highest BCUT2D eigenvalue weighted by Gasteiger charge is 2.27. The quantitative estimate of drug-likeness (QED) is 0.504. The van der Waals surface area contributed by atoms with Crippen molar-refractivity contribution in [1.82, 2.24) is 20.1 Å². The smallest absolute Gasteiger partial charge is 0.407 e. The number of hydrogen-bond acceptors (Lipinski definition) is 7. The van der Waals surface area contributed by atoms with Crippen molar-refractivity contribution < 1.29 is 14.3 Å². The summed E-state index contributed by atoms with van der Waals surface area (Å²) in [5.41, 5.74) is 3.20. The highest BCUT2D eigenvalue weighted by Crippen LogP contribution is 2.39. The fraction of sp³-hybridized carbons (Fsp3) is 0.292. The van der Waals surface area contributed by atoms with Crippen molar-refractivity contribution in [2.24, 2.45) is 13.0 Å². The number of thiophene rings is 1. The zero-order chi connectivity index (χ0) is 23.9. The second kappa shape index (κ2) is 10.8. The third-order valence-electron chi connectivity index (χ3n) is 5.61. The third kappa shape index (κ3) is 5.68. The number of alkyl carbamates (subject to hydrolysis) is 1. The minimum atomic E-state index is -0.468. The van der Waals surface area contributed by atoms with Crippen molar-refractivity contribution in [2.75, 3.05) is 11.9 Å². The van der Waals surface area contributed by atoms with Crippen LogP contribution < -0.4 is 10.6 Å². The first-order valence-electron chi connectivity index (χ1n) is 10.8. The maximum Gasteiger partial charge on any atom is 0.407 e. The zero-order valence-electron chi connectivity index (χ0n) is 18.7. The largest absolute Gasteiger partial charge is 0.449 e. The number of carbonyl (C=O) groups is 2. The number of pyridine rings is 1. The van der Waals surface area contributed by atoms with Gasteiger partial charge in [0.05, 0.1) is 24.4 Å². The Labute approximate surface area is 201 Å². The van der Waals surface area contributed by atoms with Crippen LogP contribution in [0, 0.1) is 17.2 Å². The Bertz CT molecular complexity index is 1240. The van der Waals surface area contributed by atoms with Gasteiger partial charge >= 0.3 is 6.09 Å². The normalized spacial score (nSPS) is 14.9. The number of nitrogens with zero attached hydrogens (tertiary/aromatic N) is 4. The standard InChI is InChI=1S/C24H24N6O3S/c1-30-18(8-10-28-30)14-27-24(32)33-15-17-4-6-19-20(12-25)23(34-21(19)11-17)29-22(31)7-5-16-3-2-9-26-13-16/h2-3,5,7-10,13,17H,4,6,11,14-15H2,1H3,(H,27,32)(H,29,31). The van der Waals surface area contributed by atoms with Gasteiger partial charge in [-0.2, -0.15) is 10.4 Å². The molecule has 3 aromatic rings. The molecular weight excluding hydrogens is 452 g/mol. The lowest BCUT2D eigenvalue weighted by Crippen LogP contribution is -2.28. The molecule has 0 aromatic carbocycles. The molecule has 1 unspecified atom stereocenters. The monoisotopic (exact) mass is 476 g/mol. The van der Waals surface area contributed by atoms with Gasteiger partial charge in [0, 0.05) is 36.6 Å². The van der Waals surface area contributed by atoms with E-state index < -0.39 is 6.09 Å². The number of carbonyl (C=O) groups excluding carboxylic acids is 2. The SMILES string of the molecule is Cn1nccc1CNC(=O)OCC1CCc2c(sc(NC(=O)C=Cc3cccnc3)c2C#N)C1. The number of ether oxygens (including phenoxy) is 1. The van der Waals surface area contributed by atoms with Crippen LogP contribution in [0.25, 0.3) is 6.08 Å². The first-order chi connectivity index (χ1) is 16.5. The van der Waals surface area contributed by atoms with Gasteiger partial charge in [0.2, 0.25) is 5.91 Å². The van der Waals surface area contributed by atoms with E-state index in [2.05, 4.69) is 26.8 Å². The fourth-order valence-electron chi connectivity index (χ4n) is 3.78. The molecule has 0 spiro atoms. The molecule has 2 N–H and O–H groups in total. The zero-order valence-corrected chi connectivity index (χ0v) is 19.5. The molecule has 0 aliphatic heterocycles. The number of nitriles is 1. The molecule has 1 aliphatic carbocycles. The predicted octanol–water partition coefficient (Wildman–Crippen LogP) is 3.43. The topological polar surface area (TPSA) is 122 Å². The molecule has 9 nitrogen and oxygen atoms in total. The lowest BCUT2D eigenvalue weighted by Gasteiger charge is -2.21. The van der Waals surface area contributed by atoms with Crippen LogP contribution in [0.4, 0.5) is 9.80 Å². The van der Waals surface area contributed by atoms with Crippen LogP contribution in [0.2, 0.25) is 0 Å². The van der Waals surface area contributed by atoms with Crippen LogP contribution in [0.3, 0.4) is 0 Å². The molecule has 2 amide bonds. The average Bonchev–Trinajstić information content (AvgIpc) is 3.42. The number of amides is 2. The van der Waals surface area contributed by atoms with E-state index in [0.29, 0.717) is 36.6 Å². The van der Waals surface area contributed by atoms with Gasteiger partial charge < -0.3 is 15.4 Å². The van der Waals surface area contributed by atoms with Crippen LogP contribution >= 0.6 is 11.3 Å². The molecule has 0 radical (unpaired) electrons. The molecule has 0 saturated heterocycles. The fourth-order valence-corrected chi connectivity index (χ4v) is 5.10. The van der Waals surface area contributed by atoms with Crippen molar-refractivity contribution in [1.29, 1.82) is 5.26 Å². The number of fused-ring (bicyclic) bond motifs is 1. The molecule has 3 aromatic heterocycles. The van der Waals surface area contributed by atoms with Crippen molar-refractivity contribution >= 4 is 34.4 Å². The van der Waals surface area contributed by atoms with Crippen LogP contribution in [-0.2, 0) is 36.0 Å². The van der Waals surface area contributed by atoms with Crippen LogP contribution in [0.5, 0.6) is 0 Å². The van der Waals surface area contributed by atoms with Crippen molar-refractivity contribution in [3.05, 3.63) is 70.1 Å². The van der Waals surface area contributed by atoms with Gasteiger partial charge in [0.15, 0.2) is 0 Å².